The van der Waals surface area contributed by atoms with Crippen LogP contribution in [0, 0.1) is 5.92 Å². The van der Waals surface area contributed by atoms with Gasteiger partial charge in [-0.05, 0) is 51.3 Å². The van der Waals surface area contributed by atoms with Crippen LogP contribution in [-0.2, 0) is 20.9 Å². The lowest BCUT2D eigenvalue weighted by atomic mass is 9.93. The Morgan fingerprint density at radius 2 is 1.46 bits per heavy atom. The maximum atomic E-state index is 13.8. The molecule has 2 N–H and O–H groups in total. The Labute approximate surface area is 242 Å². The smallest absolute Gasteiger partial charge is 0.329 e. The number of carbonyl (C=O) groups excluding carboxylic acids is 2. The van der Waals surface area contributed by atoms with E-state index in [1.54, 1.807) is 6.08 Å². The second-order valence-electron chi connectivity index (χ2n) is 10.7. The summed E-state index contributed by atoms with van der Waals surface area (Å²) in [6.07, 6.45) is 2.14. The number of amides is 1. The summed E-state index contributed by atoms with van der Waals surface area (Å²) in [5, 5.41) is 6.63. The van der Waals surface area contributed by atoms with Gasteiger partial charge in [0, 0.05) is 0 Å². The van der Waals surface area contributed by atoms with Gasteiger partial charge in [0.15, 0.2) is 0 Å². The lowest BCUT2D eigenvalue weighted by molar-refractivity contribution is -0.150. The number of benzene rings is 4. The second kappa shape index (κ2) is 12.8. The second-order valence-corrected chi connectivity index (χ2v) is 10.7. The molecule has 1 amide bonds. The molecule has 0 spiro atoms. The molecule has 0 aromatic heterocycles. The first-order chi connectivity index (χ1) is 20.0. The normalized spacial score (nSPS) is 15.0. The third-order valence-corrected chi connectivity index (χ3v) is 7.57. The van der Waals surface area contributed by atoms with Gasteiger partial charge >= 0.3 is 5.97 Å². The monoisotopic (exact) mass is 544 g/mol. The fourth-order valence-electron chi connectivity index (χ4n) is 5.49. The molecule has 0 saturated heterocycles. The molecule has 0 radical (unpaired) electrons. The molecule has 1 aliphatic rings. The van der Waals surface area contributed by atoms with Gasteiger partial charge in [0.25, 0.3) is 0 Å². The van der Waals surface area contributed by atoms with Crippen molar-refractivity contribution < 1.29 is 14.3 Å². The molecule has 1 aliphatic carbocycles. The number of esters is 1. The summed E-state index contributed by atoms with van der Waals surface area (Å²) in [5.74, 6) is -0.856. The quantitative estimate of drug-likeness (QED) is 0.160. The van der Waals surface area contributed by atoms with Crippen molar-refractivity contribution >= 4 is 11.9 Å². The number of carbonyl (C=O) groups is 2. The van der Waals surface area contributed by atoms with Crippen molar-refractivity contribution in [3.63, 3.8) is 0 Å². The zero-order valence-electron chi connectivity index (χ0n) is 23.5. The number of fused-ring (bicyclic) bond motifs is 3. The van der Waals surface area contributed by atoms with E-state index in [4.69, 9.17) is 4.74 Å². The Morgan fingerprint density at radius 1 is 0.829 bits per heavy atom. The number of hydrogen-bond acceptors (Lipinski definition) is 4. The lowest BCUT2D eigenvalue weighted by Gasteiger charge is -2.27. The molecule has 0 bridgehead atoms. The average molecular weight is 545 g/mol. The maximum Gasteiger partial charge on any atom is 0.329 e. The van der Waals surface area contributed by atoms with Gasteiger partial charge in [-0.25, -0.2) is 4.79 Å². The largest absolute Gasteiger partial charge is 0.459 e. The molecule has 4 aromatic rings. The minimum atomic E-state index is -0.775. The SMILES string of the molecule is C=CCC(NC1c2ccccc2-c2cccc(-c3ccccc3)c21)C(=O)N[C@H](C(=O)OCc1ccccc1)C(C)C. The van der Waals surface area contributed by atoms with Crippen molar-refractivity contribution in [2.24, 2.45) is 5.92 Å². The van der Waals surface area contributed by atoms with E-state index in [2.05, 4.69) is 59.7 Å². The molecule has 41 heavy (non-hydrogen) atoms. The van der Waals surface area contributed by atoms with Gasteiger partial charge < -0.3 is 10.1 Å². The summed E-state index contributed by atoms with van der Waals surface area (Å²) >= 11 is 0. The highest BCUT2D eigenvalue weighted by Crippen LogP contribution is 2.47. The molecule has 0 aliphatic heterocycles. The molecular weight excluding hydrogens is 508 g/mol. The molecule has 0 fully saturated rings. The van der Waals surface area contributed by atoms with E-state index in [0.29, 0.717) is 6.42 Å². The summed E-state index contributed by atoms with van der Waals surface area (Å²) in [7, 11) is 0. The van der Waals surface area contributed by atoms with Crippen LogP contribution in [0.1, 0.15) is 43.0 Å². The first-order valence-electron chi connectivity index (χ1n) is 14.1. The van der Waals surface area contributed by atoms with E-state index >= 15 is 0 Å². The van der Waals surface area contributed by atoms with Crippen molar-refractivity contribution in [3.05, 3.63) is 132 Å². The van der Waals surface area contributed by atoms with Gasteiger partial charge in [-0.1, -0.05) is 123 Å². The molecule has 5 heteroatoms. The number of ether oxygens (including phenoxy) is 1. The Kier molecular flexibility index (Phi) is 8.76. The third kappa shape index (κ3) is 6.16. The van der Waals surface area contributed by atoms with E-state index in [1.165, 1.54) is 0 Å². The first kappa shape index (κ1) is 28.1. The van der Waals surface area contributed by atoms with Crippen molar-refractivity contribution in [1.29, 1.82) is 0 Å². The van der Waals surface area contributed by atoms with Crippen LogP contribution in [0.25, 0.3) is 22.3 Å². The highest BCUT2D eigenvalue weighted by molar-refractivity contribution is 5.89. The Morgan fingerprint density at radius 3 is 2.17 bits per heavy atom. The van der Waals surface area contributed by atoms with Gasteiger partial charge in [0.1, 0.15) is 12.6 Å². The standard InChI is InChI=1S/C36H36N2O3/c1-4-14-31(35(39)38-33(24(2)3)36(40)41-23-25-15-7-5-8-16-25)37-34-30-20-12-11-19-28(30)29-22-13-21-27(32(29)34)26-17-9-6-10-18-26/h4-13,15-22,24,31,33-34,37H,1,14,23H2,2-3H3,(H,38,39)/t31?,33-,34?/m0/s1. The fraction of sp³-hybridized carbons (Fsp3) is 0.222. The van der Waals surface area contributed by atoms with Crippen molar-refractivity contribution in [2.75, 3.05) is 0 Å². The molecule has 3 atom stereocenters. The topological polar surface area (TPSA) is 67.4 Å². The highest BCUT2D eigenvalue weighted by atomic mass is 16.5. The minimum Gasteiger partial charge on any atom is -0.459 e. The molecule has 0 heterocycles. The summed E-state index contributed by atoms with van der Waals surface area (Å²) in [4.78, 5) is 26.8. The zero-order chi connectivity index (χ0) is 28.8. The van der Waals surface area contributed by atoms with Gasteiger partial charge in [0.05, 0.1) is 12.1 Å². The maximum absolute atomic E-state index is 13.8. The minimum absolute atomic E-state index is 0.149. The molecule has 4 aromatic carbocycles. The highest BCUT2D eigenvalue weighted by Gasteiger charge is 2.35. The van der Waals surface area contributed by atoms with Crippen LogP contribution in [-0.4, -0.2) is 24.0 Å². The third-order valence-electron chi connectivity index (χ3n) is 7.57. The number of rotatable bonds is 11. The predicted molar refractivity (Wildman–Crippen MR) is 164 cm³/mol. The van der Waals surface area contributed by atoms with Crippen molar-refractivity contribution in [2.45, 2.75) is 45.0 Å². The van der Waals surface area contributed by atoms with Crippen LogP contribution >= 0.6 is 0 Å². The van der Waals surface area contributed by atoms with Crippen LogP contribution in [0.15, 0.2) is 116 Å². The zero-order valence-corrected chi connectivity index (χ0v) is 23.5. The number of nitrogens with one attached hydrogen (secondary N) is 2. The van der Waals surface area contributed by atoms with E-state index in [1.807, 2.05) is 74.5 Å². The van der Waals surface area contributed by atoms with E-state index in [0.717, 1.165) is 38.9 Å². The fourth-order valence-corrected chi connectivity index (χ4v) is 5.49. The molecule has 5 nitrogen and oxygen atoms in total. The summed E-state index contributed by atoms with van der Waals surface area (Å²) in [6, 6.07) is 32.9. The molecule has 2 unspecified atom stereocenters. The van der Waals surface area contributed by atoms with E-state index < -0.39 is 18.1 Å². The summed E-state index contributed by atoms with van der Waals surface area (Å²) in [6.45, 7) is 7.88. The van der Waals surface area contributed by atoms with Gasteiger partial charge in [0.2, 0.25) is 5.91 Å². The Bertz CT molecular complexity index is 1510. The van der Waals surface area contributed by atoms with Crippen LogP contribution in [0.3, 0.4) is 0 Å². The average Bonchev–Trinajstić information content (AvgIpc) is 3.32. The van der Waals surface area contributed by atoms with Crippen molar-refractivity contribution in [3.8, 4) is 22.3 Å². The van der Waals surface area contributed by atoms with Crippen LogP contribution in [0.4, 0.5) is 0 Å². The first-order valence-corrected chi connectivity index (χ1v) is 14.1. The molecule has 0 saturated carbocycles. The van der Waals surface area contributed by atoms with Gasteiger partial charge in [-0.3, -0.25) is 10.1 Å². The molecular formula is C36H36N2O3. The predicted octanol–water partition coefficient (Wildman–Crippen LogP) is 6.84. The van der Waals surface area contributed by atoms with Crippen LogP contribution < -0.4 is 10.6 Å². The molecule has 208 valence electrons. The Hall–Kier alpha value is -4.48. The Balaban J connectivity index is 1.41. The van der Waals surface area contributed by atoms with E-state index in [9.17, 15) is 9.59 Å². The van der Waals surface area contributed by atoms with Crippen LogP contribution in [0.5, 0.6) is 0 Å². The van der Waals surface area contributed by atoms with Crippen molar-refractivity contribution in [1.82, 2.24) is 10.6 Å². The van der Waals surface area contributed by atoms with Crippen LogP contribution in [0.2, 0.25) is 0 Å². The van der Waals surface area contributed by atoms with Gasteiger partial charge in [-0.15, -0.1) is 6.58 Å². The van der Waals surface area contributed by atoms with Gasteiger partial charge in [-0.2, -0.15) is 0 Å². The summed E-state index contributed by atoms with van der Waals surface area (Å²) in [5.41, 5.74) is 7.71. The lowest BCUT2D eigenvalue weighted by Crippen LogP contribution is -2.52. The number of hydrogen-bond donors (Lipinski definition) is 2. The summed E-state index contributed by atoms with van der Waals surface area (Å²) < 4.78 is 5.59. The molecule has 5 rings (SSSR count). The van der Waals surface area contributed by atoms with E-state index in [-0.39, 0.29) is 24.5 Å².